The lowest BCUT2D eigenvalue weighted by Gasteiger charge is -2.14. The molecule has 0 spiro atoms. The van der Waals surface area contributed by atoms with Gasteiger partial charge in [-0.05, 0) is 54.2 Å². The van der Waals surface area contributed by atoms with Crippen molar-refractivity contribution in [3.63, 3.8) is 0 Å². The van der Waals surface area contributed by atoms with Crippen LogP contribution in [0.15, 0.2) is 83.7 Å². The Kier molecular flexibility index (Phi) is 5.36. The van der Waals surface area contributed by atoms with Gasteiger partial charge in [0.15, 0.2) is 3.95 Å². The fourth-order valence-corrected chi connectivity index (χ4v) is 5.32. The zero-order chi connectivity index (χ0) is 21.4. The molecule has 5 rings (SSSR count). The molecule has 31 heavy (non-hydrogen) atoms. The number of ether oxygens (including phenoxy) is 1. The van der Waals surface area contributed by atoms with E-state index in [-0.39, 0.29) is 5.56 Å². The lowest BCUT2D eigenvalue weighted by Crippen LogP contribution is -2.25. The van der Waals surface area contributed by atoms with E-state index >= 15 is 0 Å². The van der Waals surface area contributed by atoms with Crippen LogP contribution in [0.4, 0.5) is 0 Å². The third-order valence-electron chi connectivity index (χ3n) is 5.08. The Labute approximate surface area is 192 Å². The summed E-state index contributed by atoms with van der Waals surface area (Å²) < 4.78 is 10.3. The first-order chi connectivity index (χ1) is 15.1. The zero-order valence-corrected chi connectivity index (χ0v) is 18.7. The van der Waals surface area contributed by atoms with Gasteiger partial charge in [-0.3, -0.25) is 13.8 Å². The van der Waals surface area contributed by atoms with Crippen LogP contribution in [0.5, 0.6) is 5.75 Å². The van der Waals surface area contributed by atoms with Crippen LogP contribution in [-0.4, -0.2) is 15.6 Å². The summed E-state index contributed by atoms with van der Waals surface area (Å²) >= 11 is 13.5. The van der Waals surface area contributed by atoms with Gasteiger partial charge < -0.3 is 4.74 Å². The molecule has 2 aromatic heterocycles. The molecule has 0 bridgehead atoms. The van der Waals surface area contributed by atoms with Crippen LogP contribution in [0, 0.1) is 3.95 Å². The van der Waals surface area contributed by atoms with Gasteiger partial charge in [-0.1, -0.05) is 54.1 Å². The van der Waals surface area contributed by atoms with Crippen LogP contribution in [0.1, 0.15) is 0 Å². The summed E-state index contributed by atoms with van der Waals surface area (Å²) in [6.07, 6.45) is 0. The molecule has 0 fully saturated rings. The van der Waals surface area contributed by atoms with Crippen LogP contribution in [0.3, 0.4) is 0 Å². The summed E-state index contributed by atoms with van der Waals surface area (Å²) in [5.74, 6) is 0.768. The lowest BCUT2D eigenvalue weighted by atomic mass is 10.2. The van der Waals surface area contributed by atoms with Crippen LogP contribution in [0.25, 0.3) is 27.0 Å². The van der Waals surface area contributed by atoms with Gasteiger partial charge in [0.1, 0.15) is 18.0 Å². The maximum Gasteiger partial charge on any atom is 0.261 e. The Morgan fingerprint density at radius 1 is 0.968 bits per heavy atom. The Balaban J connectivity index is 1.72. The molecule has 0 N–H and O–H groups in total. The summed E-state index contributed by atoms with van der Waals surface area (Å²) in [6.45, 7) is 0.747. The summed E-state index contributed by atoms with van der Waals surface area (Å²) in [4.78, 5) is 14.4. The molecule has 0 saturated heterocycles. The minimum atomic E-state index is -0.0664. The summed E-state index contributed by atoms with van der Waals surface area (Å²) in [6, 6.07) is 24.7. The first-order valence-electron chi connectivity index (χ1n) is 9.74. The van der Waals surface area contributed by atoms with Crippen molar-refractivity contribution in [2.24, 2.45) is 0 Å². The molecule has 0 aliphatic rings. The van der Waals surface area contributed by atoms with Gasteiger partial charge in [-0.2, -0.15) is 0 Å². The molecule has 0 aliphatic heterocycles. The van der Waals surface area contributed by atoms with Gasteiger partial charge in [0.05, 0.1) is 22.3 Å². The highest BCUT2D eigenvalue weighted by Gasteiger charge is 2.18. The van der Waals surface area contributed by atoms with Crippen molar-refractivity contribution < 1.29 is 4.74 Å². The Bertz CT molecular complexity index is 1520. The molecular formula is C24H17ClN2O2S2. The van der Waals surface area contributed by atoms with E-state index in [4.69, 9.17) is 28.6 Å². The molecule has 4 nitrogen and oxygen atoms in total. The van der Waals surface area contributed by atoms with Crippen LogP contribution >= 0.6 is 35.2 Å². The number of nitrogens with zero attached hydrogens (tertiary/aromatic N) is 2. The number of rotatable bonds is 5. The number of fused-ring (bicyclic) bond motifs is 3. The molecule has 0 amide bonds. The molecule has 0 unspecified atom stereocenters. The SMILES string of the molecule is O=c1c2ccccc2n2c(=S)sc(-c3cccc(Cl)c3)c2n1CCOc1ccccc1. The van der Waals surface area contributed by atoms with E-state index < -0.39 is 0 Å². The van der Waals surface area contributed by atoms with Gasteiger partial charge in [0.25, 0.3) is 5.56 Å². The largest absolute Gasteiger partial charge is 0.492 e. The third kappa shape index (κ3) is 3.67. The smallest absolute Gasteiger partial charge is 0.261 e. The zero-order valence-electron chi connectivity index (χ0n) is 16.3. The second-order valence-corrected chi connectivity index (χ2v) is 9.08. The van der Waals surface area contributed by atoms with Gasteiger partial charge in [0.2, 0.25) is 0 Å². The van der Waals surface area contributed by atoms with Crippen molar-refractivity contribution in [1.29, 1.82) is 0 Å². The number of halogens is 1. The molecule has 7 heteroatoms. The maximum atomic E-state index is 13.5. The van der Waals surface area contributed by atoms with Gasteiger partial charge in [-0.15, -0.1) is 11.3 Å². The van der Waals surface area contributed by atoms with Crippen LogP contribution < -0.4 is 10.3 Å². The monoisotopic (exact) mass is 464 g/mol. The van der Waals surface area contributed by atoms with Crippen molar-refractivity contribution >= 4 is 51.7 Å². The van der Waals surface area contributed by atoms with E-state index in [1.54, 1.807) is 4.57 Å². The van der Waals surface area contributed by atoms with Gasteiger partial charge in [0, 0.05) is 5.02 Å². The molecule has 2 heterocycles. The topological polar surface area (TPSA) is 35.6 Å². The molecule has 3 aromatic carbocycles. The Morgan fingerprint density at radius 2 is 1.74 bits per heavy atom. The second kappa shape index (κ2) is 8.30. The summed E-state index contributed by atoms with van der Waals surface area (Å²) in [7, 11) is 0. The number of para-hydroxylation sites is 2. The maximum absolute atomic E-state index is 13.5. The predicted molar refractivity (Wildman–Crippen MR) is 130 cm³/mol. The fourth-order valence-electron chi connectivity index (χ4n) is 3.71. The molecule has 0 aliphatic carbocycles. The van der Waals surface area contributed by atoms with Crippen molar-refractivity contribution in [3.05, 3.63) is 98.2 Å². The van der Waals surface area contributed by atoms with Crippen molar-refractivity contribution in [2.45, 2.75) is 6.54 Å². The minimum absolute atomic E-state index is 0.0664. The molecule has 0 saturated carbocycles. The highest BCUT2D eigenvalue weighted by molar-refractivity contribution is 7.73. The third-order valence-corrected chi connectivity index (χ3v) is 6.72. The lowest BCUT2D eigenvalue weighted by molar-refractivity contribution is 0.298. The Hall–Kier alpha value is -2.93. The highest BCUT2D eigenvalue weighted by atomic mass is 35.5. The first kappa shape index (κ1) is 20.0. The first-order valence-corrected chi connectivity index (χ1v) is 11.3. The van der Waals surface area contributed by atoms with Crippen LogP contribution in [-0.2, 0) is 6.54 Å². The average molecular weight is 465 g/mol. The molecule has 0 radical (unpaired) electrons. The molecule has 5 aromatic rings. The van der Waals surface area contributed by atoms with E-state index in [1.807, 2.05) is 83.3 Å². The normalized spacial score (nSPS) is 11.3. The quantitative estimate of drug-likeness (QED) is 0.280. The fraction of sp³-hybridized carbons (Fsp3) is 0.0833. The average Bonchev–Trinajstić information content (AvgIpc) is 3.14. The number of aromatic nitrogens is 2. The van der Waals surface area contributed by atoms with Crippen molar-refractivity contribution in [3.8, 4) is 16.2 Å². The standard InChI is InChI=1S/C24H17ClN2O2S2/c25-17-8-6-7-16(15-17)21-22-26(13-14-29-18-9-2-1-3-10-18)23(28)19-11-4-5-12-20(19)27(22)24(30)31-21/h1-12,15H,13-14H2. The van der Waals surface area contributed by atoms with E-state index in [9.17, 15) is 4.79 Å². The summed E-state index contributed by atoms with van der Waals surface area (Å²) in [5, 5.41) is 1.26. The van der Waals surface area contributed by atoms with E-state index in [0.717, 1.165) is 27.4 Å². The molecular weight excluding hydrogens is 448 g/mol. The van der Waals surface area contributed by atoms with E-state index in [1.165, 1.54) is 11.3 Å². The highest BCUT2D eigenvalue weighted by Crippen LogP contribution is 2.34. The predicted octanol–water partition coefficient (Wildman–Crippen LogP) is 6.44. The van der Waals surface area contributed by atoms with Crippen molar-refractivity contribution in [2.75, 3.05) is 6.61 Å². The van der Waals surface area contributed by atoms with E-state index in [2.05, 4.69) is 0 Å². The number of benzene rings is 3. The second-order valence-electron chi connectivity index (χ2n) is 7.00. The minimum Gasteiger partial charge on any atom is -0.492 e. The molecule has 154 valence electrons. The number of thiazole rings is 1. The Morgan fingerprint density at radius 3 is 2.55 bits per heavy atom. The van der Waals surface area contributed by atoms with Gasteiger partial charge in [-0.25, -0.2) is 0 Å². The van der Waals surface area contributed by atoms with Crippen LogP contribution in [0.2, 0.25) is 5.02 Å². The number of hydrogen-bond donors (Lipinski definition) is 0. The summed E-state index contributed by atoms with van der Waals surface area (Å²) in [5.41, 5.74) is 2.43. The number of hydrogen-bond acceptors (Lipinski definition) is 4. The van der Waals surface area contributed by atoms with Gasteiger partial charge >= 0.3 is 0 Å². The van der Waals surface area contributed by atoms with E-state index in [0.29, 0.717) is 27.5 Å². The van der Waals surface area contributed by atoms with Crippen molar-refractivity contribution in [1.82, 2.24) is 8.97 Å². The molecule has 0 atom stereocenters.